The number of cyclic esters (lactones) is 1. The molecule has 2 aromatic carbocycles. The summed E-state index contributed by atoms with van der Waals surface area (Å²) in [6.07, 6.45) is 0. The summed E-state index contributed by atoms with van der Waals surface area (Å²) in [5.74, 6) is 1.72. The second-order valence-corrected chi connectivity index (χ2v) is 7.62. The van der Waals surface area contributed by atoms with Gasteiger partial charge < -0.3 is 34.2 Å². The summed E-state index contributed by atoms with van der Waals surface area (Å²) < 4.78 is 33.1. The van der Waals surface area contributed by atoms with Crippen molar-refractivity contribution in [1.82, 2.24) is 0 Å². The molecule has 0 amide bonds. The normalized spacial score (nSPS) is 25.9. The Balaban J connectivity index is 1.74. The number of ether oxygens (including phenoxy) is 6. The first-order valence-electron chi connectivity index (χ1n) is 9.73. The molecule has 2 aliphatic heterocycles. The van der Waals surface area contributed by atoms with Gasteiger partial charge in [-0.05, 0) is 41.0 Å². The van der Waals surface area contributed by atoms with E-state index in [0.29, 0.717) is 35.4 Å². The first kappa shape index (κ1) is 18.9. The zero-order valence-electron chi connectivity index (χ0n) is 17.0. The van der Waals surface area contributed by atoms with Crippen LogP contribution in [0.25, 0.3) is 0 Å². The van der Waals surface area contributed by atoms with Crippen LogP contribution in [0.2, 0.25) is 0 Å². The largest absolute Gasteiger partial charge is 0.493 e. The van der Waals surface area contributed by atoms with Crippen molar-refractivity contribution >= 4 is 5.97 Å². The zero-order chi connectivity index (χ0) is 21.0. The molecular formula is C22H23NO7. The topological polar surface area (TPSA) is 98.5 Å². The van der Waals surface area contributed by atoms with Crippen molar-refractivity contribution in [2.75, 3.05) is 34.7 Å². The minimum atomic E-state index is -0.421. The van der Waals surface area contributed by atoms with E-state index in [0.717, 1.165) is 16.7 Å². The maximum absolute atomic E-state index is 12.8. The molecule has 2 heterocycles. The number of hydrogen-bond donors (Lipinski definition) is 1. The molecule has 1 saturated heterocycles. The molecule has 0 bridgehead atoms. The lowest BCUT2D eigenvalue weighted by molar-refractivity contribution is -0.141. The van der Waals surface area contributed by atoms with Crippen molar-refractivity contribution in [2.24, 2.45) is 17.6 Å². The van der Waals surface area contributed by atoms with Crippen LogP contribution in [0, 0.1) is 11.8 Å². The molecule has 2 aromatic rings. The molecule has 0 unspecified atom stereocenters. The smallest absolute Gasteiger partial charge is 0.310 e. The summed E-state index contributed by atoms with van der Waals surface area (Å²) in [5, 5.41) is 0. The summed E-state index contributed by atoms with van der Waals surface area (Å²) in [6, 6.07) is 7.25. The quantitative estimate of drug-likeness (QED) is 0.763. The van der Waals surface area contributed by atoms with Crippen LogP contribution in [0.15, 0.2) is 24.3 Å². The molecule has 0 radical (unpaired) electrons. The second kappa shape index (κ2) is 6.98. The van der Waals surface area contributed by atoms with Crippen LogP contribution < -0.4 is 29.4 Å². The van der Waals surface area contributed by atoms with Crippen LogP contribution in [-0.2, 0) is 9.53 Å². The molecule has 4 atom stereocenters. The molecule has 158 valence electrons. The lowest BCUT2D eigenvalue weighted by Gasteiger charge is -2.37. The Bertz CT molecular complexity index is 996. The second-order valence-electron chi connectivity index (χ2n) is 7.62. The van der Waals surface area contributed by atoms with Gasteiger partial charge in [0.25, 0.3) is 0 Å². The van der Waals surface area contributed by atoms with Crippen LogP contribution in [0.3, 0.4) is 0 Å². The number of carbonyl (C=O) groups excluding carboxylic acids is 1. The average Bonchev–Trinajstić information content (AvgIpc) is 3.38. The molecule has 0 spiro atoms. The number of benzene rings is 2. The first-order chi connectivity index (χ1) is 14.6. The van der Waals surface area contributed by atoms with Gasteiger partial charge in [-0.2, -0.15) is 0 Å². The fourth-order valence-electron chi connectivity index (χ4n) is 4.89. The lowest BCUT2D eigenvalue weighted by Crippen LogP contribution is -2.38. The third-order valence-corrected chi connectivity index (χ3v) is 6.29. The summed E-state index contributed by atoms with van der Waals surface area (Å²) >= 11 is 0. The molecule has 0 saturated carbocycles. The monoisotopic (exact) mass is 413 g/mol. The van der Waals surface area contributed by atoms with Gasteiger partial charge in [0, 0.05) is 17.9 Å². The molecule has 5 rings (SSSR count). The molecule has 1 aliphatic carbocycles. The lowest BCUT2D eigenvalue weighted by atomic mass is 9.65. The van der Waals surface area contributed by atoms with E-state index in [9.17, 15) is 4.79 Å². The van der Waals surface area contributed by atoms with Crippen molar-refractivity contribution in [3.63, 3.8) is 0 Å². The van der Waals surface area contributed by atoms with Crippen LogP contribution >= 0.6 is 0 Å². The molecule has 0 aromatic heterocycles. The van der Waals surface area contributed by atoms with E-state index in [4.69, 9.17) is 34.2 Å². The highest BCUT2D eigenvalue weighted by Gasteiger charge is 2.51. The van der Waals surface area contributed by atoms with Gasteiger partial charge in [-0.15, -0.1) is 0 Å². The van der Waals surface area contributed by atoms with Crippen molar-refractivity contribution < 1.29 is 33.2 Å². The Labute approximate surface area is 173 Å². The Morgan fingerprint density at radius 2 is 1.53 bits per heavy atom. The van der Waals surface area contributed by atoms with Gasteiger partial charge in [0.05, 0.1) is 33.9 Å². The van der Waals surface area contributed by atoms with E-state index >= 15 is 0 Å². The van der Waals surface area contributed by atoms with Gasteiger partial charge >= 0.3 is 5.97 Å². The highest BCUT2D eigenvalue weighted by Crippen LogP contribution is 2.54. The fraction of sp³-hybridized carbons (Fsp3) is 0.409. The Hall–Kier alpha value is -3.13. The number of nitrogens with two attached hydrogens (primary N) is 1. The van der Waals surface area contributed by atoms with E-state index in [2.05, 4.69) is 0 Å². The number of methoxy groups -OCH3 is 3. The molecule has 8 nitrogen and oxygen atoms in total. The molecule has 8 heteroatoms. The van der Waals surface area contributed by atoms with E-state index in [1.54, 1.807) is 21.3 Å². The number of esters is 1. The van der Waals surface area contributed by atoms with Crippen molar-refractivity contribution in [2.45, 2.75) is 12.0 Å². The van der Waals surface area contributed by atoms with Crippen molar-refractivity contribution in [1.29, 1.82) is 0 Å². The minimum Gasteiger partial charge on any atom is -0.493 e. The summed E-state index contributed by atoms with van der Waals surface area (Å²) in [6.45, 7) is 0.455. The predicted molar refractivity (Wildman–Crippen MR) is 105 cm³/mol. The molecule has 2 N–H and O–H groups in total. The molecular weight excluding hydrogens is 390 g/mol. The molecule has 3 aliphatic rings. The Morgan fingerprint density at radius 1 is 0.900 bits per heavy atom. The van der Waals surface area contributed by atoms with E-state index in [-0.39, 0.29) is 30.6 Å². The standard InChI is InChI=1S/C22H23NO7/c1-25-16-4-10(5-17(26-2)21(16)27-3)18-11-6-14-15(30-9-29-14)7-12(11)20(23)13-8-28-22(24)19(13)18/h4-7,13,18-20H,8-9,23H2,1-3H3/t13-,18+,19-,20+/m0/s1. The average molecular weight is 413 g/mol. The Kier molecular flexibility index (Phi) is 4.39. The van der Waals surface area contributed by atoms with Gasteiger partial charge in [0.2, 0.25) is 12.5 Å². The maximum atomic E-state index is 12.8. The fourth-order valence-corrected chi connectivity index (χ4v) is 4.89. The van der Waals surface area contributed by atoms with Crippen LogP contribution in [-0.4, -0.2) is 40.7 Å². The predicted octanol–water partition coefficient (Wildman–Crippen LogP) is 2.38. The number of fused-ring (bicyclic) bond motifs is 3. The number of hydrogen-bond acceptors (Lipinski definition) is 8. The summed E-state index contributed by atoms with van der Waals surface area (Å²) in [4.78, 5) is 12.8. The third kappa shape index (κ3) is 2.60. The number of carbonyl (C=O) groups is 1. The zero-order valence-corrected chi connectivity index (χ0v) is 17.0. The van der Waals surface area contributed by atoms with Gasteiger partial charge in [-0.1, -0.05) is 0 Å². The first-order valence-corrected chi connectivity index (χ1v) is 9.73. The van der Waals surface area contributed by atoms with Gasteiger partial charge in [0.1, 0.15) is 0 Å². The molecule has 1 fully saturated rings. The van der Waals surface area contributed by atoms with Crippen LogP contribution in [0.5, 0.6) is 28.7 Å². The minimum absolute atomic E-state index is 0.144. The highest BCUT2D eigenvalue weighted by molar-refractivity contribution is 5.79. The number of rotatable bonds is 4. The van der Waals surface area contributed by atoms with E-state index in [1.807, 2.05) is 24.3 Å². The van der Waals surface area contributed by atoms with Crippen molar-refractivity contribution in [3.8, 4) is 28.7 Å². The maximum Gasteiger partial charge on any atom is 0.310 e. The van der Waals surface area contributed by atoms with Gasteiger partial charge in [-0.3, -0.25) is 4.79 Å². The third-order valence-electron chi connectivity index (χ3n) is 6.29. The van der Waals surface area contributed by atoms with Gasteiger partial charge in [-0.25, -0.2) is 0 Å². The van der Waals surface area contributed by atoms with Crippen LogP contribution in [0.4, 0.5) is 0 Å². The van der Waals surface area contributed by atoms with Gasteiger partial charge in [0.15, 0.2) is 23.0 Å². The summed E-state index contributed by atoms with van der Waals surface area (Å²) in [7, 11) is 4.69. The molecule has 30 heavy (non-hydrogen) atoms. The summed E-state index contributed by atoms with van der Waals surface area (Å²) in [5.41, 5.74) is 9.29. The highest BCUT2D eigenvalue weighted by atomic mass is 16.7. The van der Waals surface area contributed by atoms with Crippen molar-refractivity contribution in [3.05, 3.63) is 41.0 Å². The Morgan fingerprint density at radius 3 is 2.13 bits per heavy atom. The SMILES string of the molecule is COc1cc([C@@H]2c3cc4c(cc3[C@@H](N)[C@H]3COC(=O)[C@H]23)OCO4)cc(OC)c1OC. The van der Waals surface area contributed by atoms with E-state index < -0.39 is 5.92 Å². The van der Waals surface area contributed by atoms with Crippen LogP contribution in [0.1, 0.15) is 28.7 Å². The van der Waals surface area contributed by atoms with E-state index in [1.165, 1.54) is 0 Å².